The number of hydrogen-bond acceptors (Lipinski definition) is 4. The van der Waals surface area contributed by atoms with Gasteiger partial charge in [-0.3, -0.25) is 10.1 Å². The molecule has 0 saturated carbocycles. The summed E-state index contributed by atoms with van der Waals surface area (Å²) in [6.45, 7) is 0.166. The van der Waals surface area contributed by atoms with Crippen LogP contribution in [0, 0.1) is 10.1 Å². The second-order valence-corrected chi connectivity index (χ2v) is 8.19. The zero-order valence-corrected chi connectivity index (χ0v) is 18.7. The number of H-pyrrole nitrogens is 1. The Morgan fingerprint density at radius 3 is 2.50 bits per heavy atom. The first-order valence-corrected chi connectivity index (χ1v) is 11.1. The minimum absolute atomic E-state index is 0.221. The third-order valence-corrected chi connectivity index (χ3v) is 6.18. The second kappa shape index (κ2) is 9.27. The zero-order valence-electron chi connectivity index (χ0n) is 18.7. The van der Waals surface area contributed by atoms with Crippen molar-refractivity contribution in [1.82, 2.24) is 4.98 Å². The standard InChI is InChI=1S/C28H24N2O4/c1-33-28-15-20(25(17-30(31)32)24-16-29-26-12-5-4-11-23(24)26)13-14-27(28)34-18-21-9-6-8-19-7-2-3-10-22(19)21/h2-16,25,29H,17-18H2,1H3/t25-/m1/s1. The summed E-state index contributed by atoms with van der Waals surface area (Å²) >= 11 is 0. The summed E-state index contributed by atoms with van der Waals surface area (Å²) in [5.41, 5.74) is 3.72. The molecular formula is C28H24N2O4. The molecule has 4 aromatic carbocycles. The van der Waals surface area contributed by atoms with Crippen molar-refractivity contribution in [1.29, 1.82) is 0 Å². The van der Waals surface area contributed by atoms with Crippen LogP contribution in [0.1, 0.15) is 22.6 Å². The fraction of sp³-hybridized carbons (Fsp3) is 0.143. The van der Waals surface area contributed by atoms with E-state index in [2.05, 4.69) is 23.2 Å². The lowest BCUT2D eigenvalue weighted by Crippen LogP contribution is -2.14. The summed E-state index contributed by atoms with van der Waals surface area (Å²) in [7, 11) is 1.58. The predicted octanol–water partition coefficient (Wildman–Crippen LogP) is 6.32. The van der Waals surface area contributed by atoms with E-state index in [1.54, 1.807) is 7.11 Å². The van der Waals surface area contributed by atoms with Gasteiger partial charge in [-0.1, -0.05) is 66.7 Å². The van der Waals surface area contributed by atoms with Gasteiger partial charge in [-0.25, -0.2) is 0 Å². The minimum atomic E-state index is -0.424. The molecular weight excluding hydrogens is 428 g/mol. The van der Waals surface area contributed by atoms with E-state index >= 15 is 0 Å². The summed E-state index contributed by atoms with van der Waals surface area (Å²) < 4.78 is 11.8. The molecule has 0 aliphatic rings. The molecule has 0 aliphatic carbocycles. The summed E-state index contributed by atoms with van der Waals surface area (Å²) in [4.78, 5) is 14.5. The number of benzene rings is 4. The van der Waals surface area contributed by atoms with E-state index in [0.29, 0.717) is 18.1 Å². The molecule has 0 amide bonds. The normalized spacial score (nSPS) is 12.0. The fourth-order valence-corrected chi connectivity index (χ4v) is 4.51. The number of nitro groups is 1. The van der Waals surface area contributed by atoms with Gasteiger partial charge >= 0.3 is 0 Å². The van der Waals surface area contributed by atoms with Crippen LogP contribution in [0.2, 0.25) is 0 Å². The minimum Gasteiger partial charge on any atom is -0.493 e. The van der Waals surface area contributed by atoms with Gasteiger partial charge in [-0.2, -0.15) is 0 Å². The van der Waals surface area contributed by atoms with Crippen LogP contribution in [0.15, 0.2) is 91.1 Å². The first-order valence-electron chi connectivity index (χ1n) is 11.1. The van der Waals surface area contributed by atoms with Gasteiger partial charge in [0.15, 0.2) is 11.5 Å². The maximum atomic E-state index is 11.5. The van der Waals surface area contributed by atoms with E-state index in [-0.39, 0.29) is 11.5 Å². The lowest BCUT2D eigenvalue weighted by Gasteiger charge is -2.17. The summed E-state index contributed by atoms with van der Waals surface area (Å²) in [5.74, 6) is 0.719. The van der Waals surface area contributed by atoms with Crippen LogP contribution >= 0.6 is 0 Å². The van der Waals surface area contributed by atoms with Crippen molar-refractivity contribution in [3.8, 4) is 11.5 Å². The van der Waals surface area contributed by atoms with E-state index in [4.69, 9.17) is 9.47 Å². The first kappa shape index (κ1) is 21.5. The van der Waals surface area contributed by atoms with Crippen molar-refractivity contribution in [3.05, 3.63) is 118 Å². The number of ether oxygens (including phenoxy) is 2. The van der Waals surface area contributed by atoms with Crippen LogP contribution in [0.5, 0.6) is 11.5 Å². The number of aromatic nitrogens is 1. The molecule has 5 rings (SSSR count). The number of fused-ring (bicyclic) bond motifs is 2. The highest BCUT2D eigenvalue weighted by atomic mass is 16.6. The van der Waals surface area contributed by atoms with Gasteiger partial charge in [0.1, 0.15) is 6.61 Å². The van der Waals surface area contributed by atoms with E-state index in [9.17, 15) is 10.1 Å². The van der Waals surface area contributed by atoms with E-state index in [0.717, 1.165) is 38.4 Å². The van der Waals surface area contributed by atoms with Gasteiger partial charge in [-0.05, 0) is 45.7 Å². The Balaban J connectivity index is 1.46. The molecule has 5 aromatic rings. The van der Waals surface area contributed by atoms with Crippen LogP contribution in [0.3, 0.4) is 0 Å². The molecule has 0 fully saturated rings. The lowest BCUT2D eigenvalue weighted by molar-refractivity contribution is -0.481. The highest BCUT2D eigenvalue weighted by molar-refractivity contribution is 5.86. The Hall–Kier alpha value is -4.32. The molecule has 1 heterocycles. The molecule has 1 N–H and O–H groups in total. The summed E-state index contributed by atoms with van der Waals surface area (Å²) in [6.07, 6.45) is 1.86. The summed E-state index contributed by atoms with van der Waals surface area (Å²) in [5, 5.41) is 14.8. The van der Waals surface area contributed by atoms with E-state index in [1.807, 2.05) is 72.9 Å². The van der Waals surface area contributed by atoms with Crippen LogP contribution < -0.4 is 9.47 Å². The maximum absolute atomic E-state index is 11.5. The Morgan fingerprint density at radius 1 is 0.912 bits per heavy atom. The quantitative estimate of drug-likeness (QED) is 0.221. The van der Waals surface area contributed by atoms with Crippen LogP contribution in [-0.4, -0.2) is 23.6 Å². The van der Waals surface area contributed by atoms with Gasteiger partial charge in [0.25, 0.3) is 0 Å². The molecule has 0 aliphatic heterocycles. The Labute approximate surface area is 196 Å². The molecule has 1 aromatic heterocycles. The van der Waals surface area contributed by atoms with Gasteiger partial charge < -0.3 is 14.5 Å². The first-order chi connectivity index (χ1) is 16.6. The maximum Gasteiger partial charge on any atom is 0.214 e. The number of hydrogen-bond donors (Lipinski definition) is 1. The fourth-order valence-electron chi connectivity index (χ4n) is 4.51. The van der Waals surface area contributed by atoms with Crippen molar-refractivity contribution >= 4 is 21.7 Å². The molecule has 170 valence electrons. The summed E-state index contributed by atoms with van der Waals surface area (Å²) in [6, 6.07) is 27.7. The van der Waals surface area contributed by atoms with Gasteiger partial charge in [0, 0.05) is 22.0 Å². The molecule has 0 bridgehead atoms. The molecule has 0 radical (unpaired) electrons. The average molecular weight is 453 g/mol. The smallest absolute Gasteiger partial charge is 0.214 e. The third kappa shape index (κ3) is 4.18. The van der Waals surface area contributed by atoms with Crippen LogP contribution in [0.4, 0.5) is 0 Å². The molecule has 0 saturated heterocycles. The molecule has 0 spiro atoms. The average Bonchev–Trinajstić information content (AvgIpc) is 3.30. The number of nitrogens with one attached hydrogen (secondary N) is 1. The number of para-hydroxylation sites is 1. The van der Waals surface area contributed by atoms with Crippen LogP contribution in [0.25, 0.3) is 21.7 Å². The third-order valence-electron chi connectivity index (χ3n) is 6.18. The zero-order chi connectivity index (χ0) is 23.5. The number of aromatic amines is 1. The Morgan fingerprint density at radius 2 is 1.68 bits per heavy atom. The molecule has 34 heavy (non-hydrogen) atoms. The van der Waals surface area contributed by atoms with Gasteiger partial charge in [-0.15, -0.1) is 0 Å². The Bertz CT molecular complexity index is 1470. The molecule has 0 unspecified atom stereocenters. The largest absolute Gasteiger partial charge is 0.493 e. The van der Waals surface area contributed by atoms with Crippen molar-refractivity contribution in [2.24, 2.45) is 0 Å². The highest BCUT2D eigenvalue weighted by Gasteiger charge is 2.24. The van der Waals surface area contributed by atoms with Gasteiger partial charge in [0.2, 0.25) is 6.54 Å². The van der Waals surface area contributed by atoms with E-state index in [1.165, 1.54) is 0 Å². The molecule has 6 heteroatoms. The Kier molecular flexibility index (Phi) is 5.87. The van der Waals surface area contributed by atoms with Crippen molar-refractivity contribution in [3.63, 3.8) is 0 Å². The SMILES string of the molecule is COc1cc([C@@H](C[N+](=O)[O-])c2c[nH]c3ccccc23)ccc1OCc1cccc2ccccc12. The van der Waals surface area contributed by atoms with Crippen LogP contribution in [-0.2, 0) is 6.61 Å². The second-order valence-electron chi connectivity index (χ2n) is 8.19. The highest BCUT2D eigenvalue weighted by Crippen LogP contribution is 2.36. The van der Waals surface area contributed by atoms with Gasteiger partial charge in [0.05, 0.1) is 13.0 Å². The molecule has 6 nitrogen and oxygen atoms in total. The van der Waals surface area contributed by atoms with E-state index < -0.39 is 5.92 Å². The number of nitrogens with zero attached hydrogens (tertiary/aromatic N) is 1. The predicted molar refractivity (Wildman–Crippen MR) is 133 cm³/mol. The van der Waals surface area contributed by atoms with Crippen molar-refractivity contribution in [2.45, 2.75) is 12.5 Å². The molecule has 1 atom stereocenters. The lowest BCUT2D eigenvalue weighted by atomic mass is 9.90. The topological polar surface area (TPSA) is 77.4 Å². The number of rotatable bonds is 8. The number of methoxy groups -OCH3 is 1. The van der Waals surface area contributed by atoms with Crippen molar-refractivity contribution < 1.29 is 14.4 Å². The monoisotopic (exact) mass is 452 g/mol. The van der Waals surface area contributed by atoms with Crippen molar-refractivity contribution in [2.75, 3.05) is 13.7 Å².